The molecule has 1 aromatic carbocycles. The van der Waals surface area contributed by atoms with Crippen molar-refractivity contribution in [3.8, 4) is 0 Å². The number of benzene rings is 1. The minimum atomic E-state index is -0.480. The van der Waals surface area contributed by atoms with Crippen molar-refractivity contribution in [1.29, 1.82) is 0 Å². The number of hydrogen-bond donors (Lipinski definition) is 1. The zero-order valence-corrected chi connectivity index (χ0v) is 7.89. The summed E-state index contributed by atoms with van der Waals surface area (Å²) in [6.07, 6.45) is 0. The van der Waals surface area contributed by atoms with Crippen molar-refractivity contribution in [3.05, 3.63) is 32.8 Å². The average Bonchev–Trinajstić information content (AvgIpc) is 1.99. The molecule has 0 aliphatic rings. The molecule has 0 unspecified atom stereocenters. The van der Waals surface area contributed by atoms with Crippen LogP contribution in [0.25, 0.3) is 0 Å². The lowest BCUT2D eigenvalue weighted by Crippen LogP contribution is -1.89. The van der Waals surface area contributed by atoms with E-state index in [1.165, 1.54) is 12.1 Å². The summed E-state index contributed by atoms with van der Waals surface area (Å²) < 4.78 is 0. The molecule has 5 heteroatoms. The molecule has 0 radical (unpaired) electrons. The monoisotopic (exact) mass is 203 g/mol. The van der Waals surface area contributed by atoms with Crippen LogP contribution in [0.3, 0.4) is 0 Å². The standard InChI is InChI=1S/C7H6ClNO2S/c1-4-2-5(9(10)11)3-6(8)7(4)12/h2-3,12H,1H3. The Hall–Kier alpha value is -0.740. The second kappa shape index (κ2) is 3.33. The van der Waals surface area contributed by atoms with E-state index in [9.17, 15) is 10.1 Å². The molecule has 0 aromatic heterocycles. The first-order valence-corrected chi connectivity index (χ1v) is 3.98. The van der Waals surface area contributed by atoms with Crippen LogP contribution >= 0.6 is 24.2 Å². The van der Waals surface area contributed by atoms with Gasteiger partial charge in [0.1, 0.15) is 0 Å². The van der Waals surface area contributed by atoms with Gasteiger partial charge >= 0.3 is 0 Å². The van der Waals surface area contributed by atoms with E-state index in [0.717, 1.165) is 0 Å². The van der Waals surface area contributed by atoms with Crippen LogP contribution in [0.4, 0.5) is 5.69 Å². The Labute approximate surface area is 79.9 Å². The average molecular weight is 204 g/mol. The van der Waals surface area contributed by atoms with E-state index >= 15 is 0 Å². The molecule has 1 aromatic rings. The number of non-ortho nitro benzene ring substituents is 1. The van der Waals surface area contributed by atoms with E-state index in [1.54, 1.807) is 6.92 Å². The van der Waals surface area contributed by atoms with Gasteiger partial charge in [0.15, 0.2) is 0 Å². The number of halogens is 1. The molecule has 0 heterocycles. The molecule has 0 saturated heterocycles. The van der Waals surface area contributed by atoms with Crippen molar-refractivity contribution in [2.24, 2.45) is 0 Å². The predicted octanol–water partition coefficient (Wildman–Crippen LogP) is 2.85. The predicted molar refractivity (Wildman–Crippen MR) is 50.1 cm³/mol. The molecule has 12 heavy (non-hydrogen) atoms. The van der Waals surface area contributed by atoms with Gasteiger partial charge in [-0.15, -0.1) is 12.6 Å². The first-order valence-electron chi connectivity index (χ1n) is 3.16. The zero-order chi connectivity index (χ0) is 9.30. The lowest BCUT2D eigenvalue weighted by atomic mass is 10.2. The van der Waals surface area contributed by atoms with Gasteiger partial charge in [-0.3, -0.25) is 10.1 Å². The van der Waals surface area contributed by atoms with E-state index in [-0.39, 0.29) is 5.69 Å². The molecule has 0 aliphatic carbocycles. The first-order chi connectivity index (χ1) is 5.52. The van der Waals surface area contributed by atoms with E-state index in [4.69, 9.17) is 11.6 Å². The summed E-state index contributed by atoms with van der Waals surface area (Å²) in [5.41, 5.74) is 0.702. The highest BCUT2D eigenvalue weighted by Gasteiger charge is 2.10. The molecule has 0 N–H and O–H groups in total. The van der Waals surface area contributed by atoms with Gasteiger partial charge in [0.25, 0.3) is 5.69 Å². The Kier molecular flexibility index (Phi) is 2.59. The fraction of sp³-hybridized carbons (Fsp3) is 0.143. The SMILES string of the molecule is Cc1cc([N+](=O)[O-])cc(Cl)c1S. The van der Waals surface area contributed by atoms with Gasteiger partial charge in [-0.1, -0.05) is 11.6 Å². The maximum absolute atomic E-state index is 10.3. The van der Waals surface area contributed by atoms with Gasteiger partial charge in [-0.2, -0.15) is 0 Å². The van der Waals surface area contributed by atoms with Crippen LogP contribution in [0.2, 0.25) is 5.02 Å². The van der Waals surface area contributed by atoms with E-state index in [2.05, 4.69) is 12.6 Å². The maximum atomic E-state index is 10.3. The molecule has 0 bridgehead atoms. The van der Waals surface area contributed by atoms with Crippen LogP contribution in [-0.4, -0.2) is 4.92 Å². The van der Waals surface area contributed by atoms with Crippen LogP contribution in [0.15, 0.2) is 17.0 Å². The Morgan fingerprint density at radius 1 is 1.58 bits per heavy atom. The van der Waals surface area contributed by atoms with Gasteiger partial charge in [0.05, 0.1) is 9.95 Å². The summed E-state index contributed by atoms with van der Waals surface area (Å²) in [5.74, 6) is 0. The largest absolute Gasteiger partial charge is 0.271 e. The minimum absolute atomic E-state index is 0.00435. The Morgan fingerprint density at radius 2 is 2.17 bits per heavy atom. The first kappa shape index (κ1) is 9.35. The van der Waals surface area contributed by atoms with Crippen molar-refractivity contribution in [2.45, 2.75) is 11.8 Å². The Balaban J connectivity index is 3.31. The second-order valence-corrected chi connectivity index (χ2v) is 3.20. The number of hydrogen-bond acceptors (Lipinski definition) is 3. The van der Waals surface area contributed by atoms with Crippen LogP contribution in [0, 0.1) is 17.0 Å². The molecule has 0 saturated carbocycles. The van der Waals surface area contributed by atoms with Gasteiger partial charge in [-0.05, 0) is 12.5 Å². The highest BCUT2D eigenvalue weighted by Crippen LogP contribution is 2.28. The summed E-state index contributed by atoms with van der Waals surface area (Å²) in [5, 5.41) is 10.6. The lowest BCUT2D eigenvalue weighted by Gasteiger charge is -2.00. The van der Waals surface area contributed by atoms with Gasteiger partial charge in [0, 0.05) is 17.0 Å². The molecule has 0 fully saturated rings. The van der Waals surface area contributed by atoms with Crippen LogP contribution in [0.1, 0.15) is 5.56 Å². The normalized spacial score (nSPS) is 9.92. The number of aryl methyl sites for hydroxylation is 1. The van der Waals surface area contributed by atoms with E-state index < -0.39 is 4.92 Å². The molecule has 0 spiro atoms. The van der Waals surface area contributed by atoms with Crippen LogP contribution in [-0.2, 0) is 0 Å². The van der Waals surface area contributed by atoms with E-state index in [1.807, 2.05) is 0 Å². The Morgan fingerprint density at radius 3 is 2.58 bits per heavy atom. The number of nitro benzene ring substituents is 1. The smallest absolute Gasteiger partial charge is 0.258 e. The highest BCUT2D eigenvalue weighted by atomic mass is 35.5. The number of rotatable bonds is 1. The summed E-state index contributed by atoms with van der Waals surface area (Å²) in [6.45, 7) is 1.72. The number of thiol groups is 1. The van der Waals surface area contributed by atoms with Gasteiger partial charge in [-0.25, -0.2) is 0 Å². The summed E-state index contributed by atoms with van der Waals surface area (Å²) in [4.78, 5) is 10.4. The van der Waals surface area contributed by atoms with Crippen molar-refractivity contribution in [3.63, 3.8) is 0 Å². The van der Waals surface area contributed by atoms with Crippen LogP contribution < -0.4 is 0 Å². The third kappa shape index (κ3) is 1.70. The number of nitro groups is 1. The van der Waals surface area contributed by atoms with Gasteiger partial charge in [0.2, 0.25) is 0 Å². The molecule has 0 atom stereocenters. The summed E-state index contributed by atoms with van der Waals surface area (Å²) >= 11 is 9.75. The topological polar surface area (TPSA) is 43.1 Å². The fourth-order valence-electron chi connectivity index (χ4n) is 0.824. The minimum Gasteiger partial charge on any atom is -0.258 e. The van der Waals surface area contributed by atoms with Crippen molar-refractivity contribution in [1.82, 2.24) is 0 Å². The second-order valence-electron chi connectivity index (χ2n) is 2.35. The third-order valence-electron chi connectivity index (χ3n) is 1.45. The third-order valence-corrected chi connectivity index (χ3v) is 2.47. The molecular formula is C7H6ClNO2S. The van der Waals surface area contributed by atoms with E-state index in [0.29, 0.717) is 15.5 Å². The molecule has 3 nitrogen and oxygen atoms in total. The number of nitrogens with zero attached hydrogens (tertiary/aromatic N) is 1. The summed E-state index contributed by atoms with van der Waals surface area (Å²) in [6, 6.07) is 2.73. The fourth-order valence-corrected chi connectivity index (χ4v) is 1.21. The lowest BCUT2D eigenvalue weighted by molar-refractivity contribution is -0.384. The summed E-state index contributed by atoms with van der Waals surface area (Å²) in [7, 11) is 0. The van der Waals surface area contributed by atoms with Gasteiger partial charge < -0.3 is 0 Å². The van der Waals surface area contributed by atoms with Crippen LogP contribution in [0.5, 0.6) is 0 Å². The highest BCUT2D eigenvalue weighted by molar-refractivity contribution is 7.80. The Bertz CT molecular complexity index is 317. The maximum Gasteiger partial charge on any atom is 0.271 e. The quantitative estimate of drug-likeness (QED) is 0.433. The molecule has 64 valence electrons. The molecular weight excluding hydrogens is 198 g/mol. The molecule has 0 amide bonds. The van der Waals surface area contributed by atoms with Crippen molar-refractivity contribution in [2.75, 3.05) is 0 Å². The molecule has 1 rings (SSSR count). The van der Waals surface area contributed by atoms with Crippen molar-refractivity contribution < 1.29 is 4.92 Å². The van der Waals surface area contributed by atoms with Crippen molar-refractivity contribution >= 4 is 29.9 Å². The molecule has 0 aliphatic heterocycles. The zero-order valence-electron chi connectivity index (χ0n) is 6.24.